The van der Waals surface area contributed by atoms with Crippen molar-refractivity contribution in [3.05, 3.63) is 58.6 Å². The van der Waals surface area contributed by atoms with Gasteiger partial charge in [-0.1, -0.05) is 29.8 Å². The van der Waals surface area contributed by atoms with Crippen LogP contribution in [0.4, 0.5) is 16.2 Å². The Morgan fingerprint density at radius 2 is 1.89 bits per heavy atom. The van der Waals surface area contributed by atoms with Crippen molar-refractivity contribution in [1.82, 2.24) is 15.5 Å². The van der Waals surface area contributed by atoms with E-state index in [9.17, 15) is 24.0 Å². The average Bonchev–Trinajstić information content (AvgIpc) is 3.09. The summed E-state index contributed by atoms with van der Waals surface area (Å²) in [5.41, 5.74) is 2.83. The van der Waals surface area contributed by atoms with Crippen LogP contribution in [0.1, 0.15) is 43.4 Å². The van der Waals surface area contributed by atoms with Crippen LogP contribution in [0.3, 0.4) is 0 Å². The van der Waals surface area contributed by atoms with Crippen molar-refractivity contribution in [2.45, 2.75) is 51.2 Å². The quantitative estimate of drug-likeness (QED) is 0.440. The fourth-order valence-electron chi connectivity index (χ4n) is 4.24. The third kappa shape index (κ3) is 5.49. The van der Waals surface area contributed by atoms with Crippen LogP contribution < -0.4 is 21.3 Å². The average molecular weight is 512 g/mol. The van der Waals surface area contributed by atoms with Crippen LogP contribution in [-0.2, 0) is 19.2 Å². The number of carbonyl (C=O) groups excluding carboxylic acids is 5. The molecule has 0 spiro atoms. The highest BCUT2D eigenvalue weighted by Gasteiger charge is 2.46. The summed E-state index contributed by atoms with van der Waals surface area (Å²) in [6, 6.07) is 9.78. The molecule has 4 N–H and O–H groups in total. The van der Waals surface area contributed by atoms with Gasteiger partial charge in [-0.05, 0) is 55.7 Å². The largest absolute Gasteiger partial charge is 0.373 e. The number of imide groups is 2. The van der Waals surface area contributed by atoms with Gasteiger partial charge in [-0.15, -0.1) is 0 Å². The maximum Gasteiger partial charge on any atom is 0.319 e. The van der Waals surface area contributed by atoms with E-state index in [2.05, 4.69) is 21.3 Å². The molecule has 2 aromatic carbocycles. The van der Waals surface area contributed by atoms with Gasteiger partial charge in [-0.25, -0.2) is 4.79 Å². The number of anilines is 2. The highest BCUT2D eigenvalue weighted by Crippen LogP contribution is 2.26. The summed E-state index contributed by atoms with van der Waals surface area (Å²) in [6.45, 7) is 3.69. The number of benzene rings is 2. The number of nitrogens with one attached hydrogen (secondary N) is 4. The number of rotatable bonds is 6. The normalized spacial score (nSPS) is 20.7. The molecule has 3 unspecified atom stereocenters. The van der Waals surface area contributed by atoms with Gasteiger partial charge < -0.3 is 16.0 Å². The molecule has 0 aromatic heterocycles. The number of hydrogen-bond donors (Lipinski definition) is 4. The van der Waals surface area contributed by atoms with Crippen LogP contribution in [0.5, 0.6) is 0 Å². The number of amides is 6. The summed E-state index contributed by atoms with van der Waals surface area (Å²) >= 11 is 6.11. The van der Waals surface area contributed by atoms with E-state index in [0.29, 0.717) is 16.4 Å². The minimum atomic E-state index is -0.980. The molecule has 4 rings (SSSR count). The molecule has 2 heterocycles. The van der Waals surface area contributed by atoms with Gasteiger partial charge in [0.25, 0.3) is 5.91 Å². The third-order valence-electron chi connectivity index (χ3n) is 6.21. The lowest BCUT2D eigenvalue weighted by molar-refractivity contribution is -0.150. The van der Waals surface area contributed by atoms with Crippen molar-refractivity contribution in [2.75, 3.05) is 10.6 Å². The van der Waals surface area contributed by atoms with Crippen LogP contribution in [-0.4, -0.2) is 46.6 Å². The number of hydrogen-bond acceptors (Lipinski definition) is 6. The molecule has 0 radical (unpaired) electrons. The first-order valence-electron chi connectivity index (χ1n) is 11.5. The monoisotopic (exact) mass is 511 g/mol. The fraction of sp³-hybridized carbons (Fsp3) is 0.320. The van der Waals surface area contributed by atoms with Gasteiger partial charge in [0.2, 0.25) is 17.7 Å². The zero-order valence-corrected chi connectivity index (χ0v) is 20.5. The van der Waals surface area contributed by atoms with Crippen molar-refractivity contribution in [3.8, 4) is 0 Å². The van der Waals surface area contributed by atoms with Gasteiger partial charge >= 0.3 is 6.03 Å². The van der Waals surface area contributed by atoms with Crippen LogP contribution >= 0.6 is 11.6 Å². The highest BCUT2D eigenvalue weighted by molar-refractivity contribution is 6.31. The molecule has 11 heteroatoms. The number of piperidine rings is 1. The van der Waals surface area contributed by atoms with Gasteiger partial charge in [-0.3, -0.25) is 29.4 Å². The Bertz CT molecular complexity index is 1250. The zero-order valence-electron chi connectivity index (χ0n) is 19.8. The molecular weight excluding hydrogens is 486 g/mol. The molecule has 10 nitrogen and oxygen atoms in total. The second-order valence-electron chi connectivity index (χ2n) is 8.88. The number of nitrogens with zero attached hydrogens (tertiary/aromatic N) is 1. The molecule has 2 aliphatic rings. The Hall–Kier alpha value is -3.92. The third-order valence-corrected chi connectivity index (χ3v) is 6.62. The molecule has 0 aliphatic carbocycles. The standard InChI is InChI=1S/C25H26ClN5O5/c1-13-6-7-17(11-18(13)26)29-25(36)27-14(2)15-4-3-5-16(10-15)28-19-12-22(33)31(24(19)35)20-8-9-21(32)30-23(20)34/h3-7,10-11,14,19-20,28H,8-9,12H2,1-2H3,(H2,27,29,36)(H,30,32,34). The van der Waals surface area contributed by atoms with Gasteiger partial charge in [0, 0.05) is 22.8 Å². The SMILES string of the molecule is Cc1ccc(NC(=O)NC(C)c2cccc(NC3CC(=O)N(C4CCC(=O)NC4=O)C3=O)c2)cc1Cl. The van der Waals surface area contributed by atoms with Crippen molar-refractivity contribution in [2.24, 2.45) is 0 Å². The molecule has 2 saturated heterocycles. The summed E-state index contributed by atoms with van der Waals surface area (Å²) < 4.78 is 0. The van der Waals surface area contributed by atoms with E-state index in [1.807, 2.05) is 26.0 Å². The van der Waals surface area contributed by atoms with Crippen LogP contribution in [0, 0.1) is 6.92 Å². The van der Waals surface area contributed by atoms with Gasteiger partial charge in [0.05, 0.1) is 12.5 Å². The Morgan fingerprint density at radius 3 is 2.61 bits per heavy atom. The summed E-state index contributed by atoms with van der Waals surface area (Å²) in [6.07, 6.45) is 0.0868. The summed E-state index contributed by atoms with van der Waals surface area (Å²) in [5.74, 6) is -2.03. The first-order valence-corrected chi connectivity index (χ1v) is 11.9. The lowest BCUT2D eigenvalue weighted by atomic mass is 10.0. The van der Waals surface area contributed by atoms with Crippen molar-refractivity contribution >= 4 is 52.6 Å². The molecular formula is C25H26ClN5O5. The van der Waals surface area contributed by atoms with Crippen LogP contribution in [0.15, 0.2) is 42.5 Å². The summed E-state index contributed by atoms with van der Waals surface area (Å²) in [5, 5.41) is 11.4. The second-order valence-corrected chi connectivity index (χ2v) is 9.29. The Kier molecular flexibility index (Phi) is 7.25. The first-order chi connectivity index (χ1) is 17.1. The van der Waals surface area contributed by atoms with Gasteiger partial charge in [0.1, 0.15) is 12.1 Å². The topological polar surface area (TPSA) is 137 Å². The van der Waals surface area contributed by atoms with E-state index in [0.717, 1.165) is 16.0 Å². The summed E-state index contributed by atoms with van der Waals surface area (Å²) in [7, 11) is 0. The lowest BCUT2D eigenvalue weighted by Gasteiger charge is -2.28. The molecule has 2 fully saturated rings. The first kappa shape index (κ1) is 25.2. The van der Waals surface area contributed by atoms with E-state index < -0.39 is 41.7 Å². The van der Waals surface area contributed by atoms with E-state index >= 15 is 0 Å². The molecule has 6 amide bonds. The smallest absolute Gasteiger partial charge is 0.319 e. The molecule has 2 aliphatic heterocycles. The second kappa shape index (κ2) is 10.4. The fourth-order valence-corrected chi connectivity index (χ4v) is 4.42. The maximum absolute atomic E-state index is 12.9. The Morgan fingerprint density at radius 1 is 1.11 bits per heavy atom. The maximum atomic E-state index is 12.9. The molecule has 2 aromatic rings. The van der Waals surface area contributed by atoms with Gasteiger partial charge in [-0.2, -0.15) is 0 Å². The van der Waals surface area contributed by atoms with E-state index in [1.54, 1.807) is 30.3 Å². The van der Waals surface area contributed by atoms with Crippen molar-refractivity contribution in [1.29, 1.82) is 0 Å². The Labute approximate surface area is 212 Å². The minimum Gasteiger partial charge on any atom is -0.373 e. The minimum absolute atomic E-state index is 0.0724. The number of carbonyl (C=O) groups is 5. The van der Waals surface area contributed by atoms with Crippen LogP contribution in [0.2, 0.25) is 5.02 Å². The molecule has 3 atom stereocenters. The summed E-state index contributed by atoms with van der Waals surface area (Å²) in [4.78, 5) is 62.4. The van der Waals surface area contributed by atoms with Crippen molar-refractivity contribution < 1.29 is 24.0 Å². The van der Waals surface area contributed by atoms with E-state index in [-0.39, 0.29) is 25.3 Å². The van der Waals surface area contributed by atoms with E-state index in [1.165, 1.54) is 0 Å². The predicted octanol–water partition coefficient (Wildman–Crippen LogP) is 2.88. The molecule has 36 heavy (non-hydrogen) atoms. The van der Waals surface area contributed by atoms with Crippen LogP contribution in [0.25, 0.3) is 0 Å². The highest BCUT2D eigenvalue weighted by atomic mass is 35.5. The number of aryl methyl sites for hydroxylation is 1. The van der Waals surface area contributed by atoms with E-state index in [4.69, 9.17) is 11.6 Å². The zero-order chi connectivity index (χ0) is 26.0. The molecule has 0 bridgehead atoms. The number of likely N-dealkylation sites (tertiary alicyclic amines) is 1. The van der Waals surface area contributed by atoms with Crippen molar-refractivity contribution in [3.63, 3.8) is 0 Å². The number of halogens is 1. The van der Waals surface area contributed by atoms with Gasteiger partial charge in [0.15, 0.2) is 0 Å². The number of urea groups is 1. The molecule has 0 saturated carbocycles. The Balaban J connectivity index is 1.38. The predicted molar refractivity (Wildman–Crippen MR) is 133 cm³/mol. The molecule has 188 valence electrons. The lowest BCUT2D eigenvalue weighted by Crippen LogP contribution is -2.54.